The third-order valence-electron chi connectivity index (χ3n) is 3.59. The summed E-state index contributed by atoms with van der Waals surface area (Å²) < 4.78 is 37.7. The average Bonchev–Trinajstić information content (AvgIpc) is 2.76. The van der Waals surface area contributed by atoms with Gasteiger partial charge in [-0.2, -0.15) is 13.2 Å². The lowest BCUT2D eigenvalue weighted by atomic mass is 10.1. The zero-order valence-electron chi connectivity index (χ0n) is 11.0. The fraction of sp³-hybridized carbons (Fsp3) is 0.538. The molecule has 0 bridgehead atoms. The van der Waals surface area contributed by atoms with Gasteiger partial charge >= 0.3 is 6.18 Å². The van der Waals surface area contributed by atoms with Crippen molar-refractivity contribution in [1.29, 1.82) is 0 Å². The largest absolute Gasteiger partial charge is 0.416 e. The van der Waals surface area contributed by atoms with Gasteiger partial charge in [-0.3, -0.25) is 0 Å². The summed E-state index contributed by atoms with van der Waals surface area (Å²) in [6.07, 6.45) is -3.35. The summed E-state index contributed by atoms with van der Waals surface area (Å²) in [5, 5.41) is 0. The summed E-state index contributed by atoms with van der Waals surface area (Å²) in [7, 11) is 4.01. The van der Waals surface area contributed by atoms with Gasteiger partial charge in [-0.1, -0.05) is 0 Å². The van der Waals surface area contributed by atoms with E-state index < -0.39 is 11.7 Å². The van der Waals surface area contributed by atoms with Gasteiger partial charge in [0.2, 0.25) is 0 Å². The van der Waals surface area contributed by atoms with Crippen molar-refractivity contribution in [2.75, 3.05) is 37.8 Å². The van der Waals surface area contributed by atoms with Crippen molar-refractivity contribution in [1.82, 2.24) is 4.90 Å². The molecule has 0 spiro atoms. The fourth-order valence-electron chi connectivity index (χ4n) is 2.40. The molecule has 1 heterocycles. The number of hydrogen-bond acceptors (Lipinski definition) is 3. The van der Waals surface area contributed by atoms with Crippen molar-refractivity contribution >= 4 is 11.4 Å². The predicted molar refractivity (Wildman–Crippen MR) is 70.2 cm³/mol. The molecule has 0 radical (unpaired) electrons. The Morgan fingerprint density at radius 1 is 1.32 bits per heavy atom. The van der Waals surface area contributed by atoms with Gasteiger partial charge in [-0.25, -0.2) is 0 Å². The molecule has 1 aromatic carbocycles. The number of nitrogens with two attached hydrogens (primary N) is 1. The molecule has 0 amide bonds. The summed E-state index contributed by atoms with van der Waals surface area (Å²) in [4.78, 5) is 4.17. The zero-order chi connectivity index (χ0) is 14.2. The van der Waals surface area contributed by atoms with Gasteiger partial charge in [-0.05, 0) is 38.7 Å². The molecular weight excluding hydrogens is 255 g/mol. The minimum atomic E-state index is -4.34. The number of hydrogen-bond donors (Lipinski definition) is 1. The van der Waals surface area contributed by atoms with Crippen molar-refractivity contribution in [3.05, 3.63) is 23.8 Å². The first-order chi connectivity index (χ1) is 8.79. The van der Waals surface area contributed by atoms with Gasteiger partial charge in [0.25, 0.3) is 0 Å². The van der Waals surface area contributed by atoms with Crippen LogP contribution in [0.2, 0.25) is 0 Å². The van der Waals surface area contributed by atoms with E-state index in [1.807, 2.05) is 19.0 Å². The van der Waals surface area contributed by atoms with Crippen LogP contribution in [0.25, 0.3) is 0 Å². The highest BCUT2D eigenvalue weighted by atomic mass is 19.4. The van der Waals surface area contributed by atoms with Crippen LogP contribution in [-0.4, -0.2) is 38.1 Å². The van der Waals surface area contributed by atoms with Crippen LogP contribution in [0.1, 0.15) is 12.0 Å². The van der Waals surface area contributed by atoms with Crippen molar-refractivity contribution < 1.29 is 13.2 Å². The van der Waals surface area contributed by atoms with Crippen LogP contribution in [0.4, 0.5) is 24.5 Å². The molecule has 1 unspecified atom stereocenters. The molecule has 0 saturated carbocycles. The van der Waals surface area contributed by atoms with Crippen molar-refractivity contribution in [2.24, 2.45) is 0 Å². The van der Waals surface area contributed by atoms with E-state index >= 15 is 0 Å². The summed E-state index contributed by atoms with van der Waals surface area (Å²) >= 11 is 0. The standard InChI is InChI=1S/C13H18F3N3/c1-18(2)10-5-6-19(8-10)12-4-3-9(7-11(12)17)13(14,15)16/h3-4,7,10H,5-6,8,17H2,1-2H3. The van der Waals surface area contributed by atoms with E-state index in [-0.39, 0.29) is 5.69 Å². The van der Waals surface area contributed by atoms with Crippen LogP contribution in [0.15, 0.2) is 18.2 Å². The van der Waals surface area contributed by atoms with Gasteiger partial charge in [0.15, 0.2) is 0 Å². The van der Waals surface area contributed by atoms with Gasteiger partial charge < -0.3 is 15.5 Å². The molecule has 1 aliphatic rings. The molecule has 19 heavy (non-hydrogen) atoms. The molecule has 1 saturated heterocycles. The Kier molecular flexibility index (Phi) is 3.62. The quantitative estimate of drug-likeness (QED) is 0.840. The van der Waals surface area contributed by atoms with E-state index in [1.165, 1.54) is 6.07 Å². The highest BCUT2D eigenvalue weighted by Crippen LogP contribution is 2.35. The predicted octanol–water partition coefficient (Wildman–Crippen LogP) is 2.43. The van der Waals surface area contributed by atoms with Crippen LogP contribution >= 0.6 is 0 Å². The highest BCUT2D eigenvalue weighted by Gasteiger charge is 2.32. The first-order valence-electron chi connectivity index (χ1n) is 6.17. The summed E-state index contributed by atoms with van der Waals surface area (Å²) in [6.45, 7) is 1.61. The maximum atomic E-state index is 12.6. The van der Waals surface area contributed by atoms with E-state index in [9.17, 15) is 13.2 Å². The zero-order valence-corrected chi connectivity index (χ0v) is 11.0. The van der Waals surface area contributed by atoms with E-state index in [0.29, 0.717) is 11.7 Å². The van der Waals surface area contributed by atoms with E-state index in [4.69, 9.17) is 5.73 Å². The number of likely N-dealkylation sites (N-methyl/N-ethyl adjacent to an activating group) is 1. The first kappa shape index (κ1) is 14.0. The Balaban J connectivity index is 2.19. The average molecular weight is 273 g/mol. The maximum Gasteiger partial charge on any atom is 0.416 e. The molecular formula is C13H18F3N3. The van der Waals surface area contributed by atoms with Gasteiger partial charge in [0, 0.05) is 19.1 Å². The van der Waals surface area contributed by atoms with Crippen LogP contribution in [-0.2, 0) is 6.18 Å². The lowest BCUT2D eigenvalue weighted by Gasteiger charge is -2.23. The van der Waals surface area contributed by atoms with Crippen molar-refractivity contribution in [3.8, 4) is 0 Å². The normalized spacial score (nSPS) is 20.3. The fourth-order valence-corrected chi connectivity index (χ4v) is 2.40. The first-order valence-corrected chi connectivity index (χ1v) is 6.17. The molecule has 1 aromatic rings. The maximum absolute atomic E-state index is 12.6. The number of nitrogens with zero attached hydrogens (tertiary/aromatic N) is 2. The number of benzene rings is 1. The van der Waals surface area contributed by atoms with Crippen molar-refractivity contribution in [3.63, 3.8) is 0 Å². The lowest BCUT2D eigenvalue weighted by molar-refractivity contribution is -0.137. The molecule has 2 rings (SSSR count). The number of anilines is 2. The number of alkyl halides is 3. The SMILES string of the molecule is CN(C)C1CCN(c2ccc(C(F)(F)F)cc2N)C1. The lowest BCUT2D eigenvalue weighted by Crippen LogP contribution is -2.31. The Morgan fingerprint density at radius 3 is 2.47 bits per heavy atom. The molecule has 2 N–H and O–H groups in total. The van der Waals surface area contributed by atoms with E-state index in [1.54, 1.807) is 0 Å². The summed E-state index contributed by atoms with van der Waals surface area (Å²) in [6, 6.07) is 3.99. The number of nitrogen functional groups attached to an aromatic ring is 1. The number of halogens is 3. The smallest absolute Gasteiger partial charge is 0.397 e. The Morgan fingerprint density at radius 2 is 2.00 bits per heavy atom. The molecule has 1 atom stereocenters. The van der Waals surface area contributed by atoms with Crippen molar-refractivity contribution in [2.45, 2.75) is 18.6 Å². The second-order valence-corrected chi connectivity index (χ2v) is 5.12. The third kappa shape index (κ3) is 2.94. The monoisotopic (exact) mass is 273 g/mol. The second-order valence-electron chi connectivity index (χ2n) is 5.12. The Bertz CT molecular complexity index is 457. The molecule has 0 aromatic heterocycles. The van der Waals surface area contributed by atoms with Crippen LogP contribution in [0, 0.1) is 0 Å². The summed E-state index contributed by atoms with van der Waals surface area (Å²) in [5.74, 6) is 0. The highest BCUT2D eigenvalue weighted by molar-refractivity contribution is 5.69. The van der Waals surface area contributed by atoms with E-state index in [2.05, 4.69) is 4.90 Å². The minimum absolute atomic E-state index is 0.189. The number of rotatable bonds is 2. The van der Waals surface area contributed by atoms with Gasteiger partial charge in [0.1, 0.15) is 0 Å². The van der Waals surface area contributed by atoms with Gasteiger partial charge in [0.05, 0.1) is 16.9 Å². The third-order valence-corrected chi connectivity index (χ3v) is 3.59. The molecule has 1 aliphatic heterocycles. The molecule has 1 fully saturated rings. The van der Waals surface area contributed by atoms with E-state index in [0.717, 1.165) is 31.6 Å². The van der Waals surface area contributed by atoms with Gasteiger partial charge in [-0.15, -0.1) is 0 Å². The molecule has 0 aliphatic carbocycles. The van der Waals surface area contributed by atoms with Crippen LogP contribution in [0.3, 0.4) is 0 Å². The Labute approximate surface area is 110 Å². The Hall–Kier alpha value is -1.43. The topological polar surface area (TPSA) is 32.5 Å². The van der Waals surface area contributed by atoms with Crippen LogP contribution < -0.4 is 10.6 Å². The molecule has 3 nitrogen and oxygen atoms in total. The van der Waals surface area contributed by atoms with Crippen LogP contribution in [0.5, 0.6) is 0 Å². The molecule has 6 heteroatoms. The summed E-state index contributed by atoms with van der Waals surface area (Å²) in [5.41, 5.74) is 5.95. The molecule has 106 valence electrons. The minimum Gasteiger partial charge on any atom is -0.397 e. The second kappa shape index (κ2) is 4.92.